The van der Waals surface area contributed by atoms with Gasteiger partial charge in [-0.05, 0) is 40.8 Å². The highest BCUT2D eigenvalue weighted by atomic mass is 127. The molecule has 0 radical (unpaired) electrons. The third-order valence-corrected chi connectivity index (χ3v) is 3.54. The normalized spacial score (nSPS) is 12.2. The predicted molar refractivity (Wildman–Crippen MR) is 82.9 cm³/mol. The van der Waals surface area contributed by atoms with E-state index in [-0.39, 0.29) is 5.91 Å². The zero-order valence-electron chi connectivity index (χ0n) is 10.1. The Balaban J connectivity index is 2.12. The molecule has 1 heterocycles. The number of nitrogens with two attached hydrogens (primary N) is 1. The molecular formula is C12H12ClIN4O. The topological polar surface area (TPSA) is 72.9 Å². The maximum atomic E-state index is 12.0. The van der Waals surface area contributed by atoms with E-state index < -0.39 is 6.04 Å². The first kappa shape index (κ1) is 14.3. The highest BCUT2D eigenvalue weighted by Crippen LogP contribution is 2.24. The minimum atomic E-state index is -0.774. The average molecular weight is 391 g/mol. The van der Waals surface area contributed by atoms with Gasteiger partial charge in [-0.2, -0.15) is 5.10 Å². The number of nitrogens with one attached hydrogen (secondary N) is 1. The summed E-state index contributed by atoms with van der Waals surface area (Å²) in [6, 6.07) is 4.60. The molecule has 100 valence electrons. The standard InChI is InChI=1S/C12H12ClIN4O/c1-18-6-7(5-16-18)11(15)12(19)17-10-3-2-8(14)4-9(10)13/h2-6,11H,15H2,1H3,(H,17,19). The van der Waals surface area contributed by atoms with Crippen molar-refractivity contribution in [2.45, 2.75) is 6.04 Å². The Labute approximate surface area is 129 Å². The molecule has 1 aromatic heterocycles. The number of hydrogen-bond donors (Lipinski definition) is 2. The van der Waals surface area contributed by atoms with E-state index in [0.29, 0.717) is 16.3 Å². The minimum absolute atomic E-state index is 0.323. The molecular weight excluding hydrogens is 379 g/mol. The Morgan fingerprint density at radius 3 is 2.89 bits per heavy atom. The van der Waals surface area contributed by atoms with Crippen molar-refractivity contribution < 1.29 is 4.79 Å². The second-order valence-corrected chi connectivity index (χ2v) is 5.69. The summed E-state index contributed by atoms with van der Waals surface area (Å²) in [7, 11) is 1.77. The number of carbonyl (C=O) groups excluding carboxylic acids is 1. The van der Waals surface area contributed by atoms with Gasteiger partial charge in [-0.25, -0.2) is 0 Å². The SMILES string of the molecule is Cn1cc(C(N)C(=O)Nc2ccc(I)cc2Cl)cn1. The maximum absolute atomic E-state index is 12.0. The lowest BCUT2D eigenvalue weighted by Gasteiger charge is -2.11. The quantitative estimate of drug-likeness (QED) is 0.790. The molecule has 2 aromatic rings. The van der Waals surface area contributed by atoms with Crippen molar-refractivity contribution in [2.24, 2.45) is 12.8 Å². The van der Waals surface area contributed by atoms with Crippen LogP contribution in [0.1, 0.15) is 11.6 Å². The summed E-state index contributed by atoms with van der Waals surface area (Å²) in [4.78, 5) is 12.0. The Morgan fingerprint density at radius 1 is 1.58 bits per heavy atom. The van der Waals surface area contributed by atoms with Gasteiger partial charge in [0.05, 0.1) is 16.9 Å². The summed E-state index contributed by atoms with van der Waals surface area (Å²) in [5, 5.41) is 7.18. The first-order valence-electron chi connectivity index (χ1n) is 5.47. The first-order valence-corrected chi connectivity index (χ1v) is 6.93. The molecule has 0 spiro atoms. The first-order chi connectivity index (χ1) is 8.97. The lowest BCUT2D eigenvalue weighted by molar-refractivity contribution is -0.117. The Kier molecular flexibility index (Phi) is 4.43. The van der Waals surface area contributed by atoms with Gasteiger partial charge in [0, 0.05) is 22.4 Å². The van der Waals surface area contributed by atoms with Gasteiger partial charge in [0.25, 0.3) is 0 Å². The van der Waals surface area contributed by atoms with Crippen LogP contribution in [0.25, 0.3) is 0 Å². The molecule has 1 aromatic carbocycles. The van der Waals surface area contributed by atoms with Crippen LogP contribution in [0.5, 0.6) is 0 Å². The summed E-state index contributed by atoms with van der Waals surface area (Å²) in [6.07, 6.45) is 3.28. The molecule has 0 aliphatic carbocycles. The van der Waals surface area contributed by atoms with Crippen molar-refractivity contribution in [3.63, 3.8) is 0 Å². The summed E-state index contributed by atoms with van der Waals surface area (Å²) in [6.45, 7) is 0. The number of anilines is 1. The molecule has 0 aliphatic rings. The summed E-state index contributed by atoms with van der Waals surface area (Å²) in [5.41, 5.74) is 7.07. The van der Waals surface area contributed by atoms with Crippen molar-refractivity contribution in [3.05, 3.63) is 44.7 Å². The lowest BCUT2D eigenvalue weighted by Crippen LogP contribution is -2.27. The summed E-state index contributed by atoms with van der Waals surface area (Å²) in [5.74, 6) is -0.323. The van der Waals surface area contributed by atoms with Gasteiger partial charge in [0.1, 0.15) is 6.04 Å². The van der Waals surface area contributed by atoms with Crippen molar-refractivity contribution >= 4 is 45.8 Å². The fraction of sp³-hybridized carbons (Fsp3) is 0.167. The summed E-state index contributed by atoms with van der Waals surface area (Å²) >= 11 is 8.20. The second kappa shape index (κ2) is 5.89. The Bertz CT molecular complexity index is 614. The van der Waals surface area contributed by atoms with Crippen LogP contribution in [-0.2, 0) is 11.8 Å². The summed E-state index contributed by atoms with van der Waals surface area (Å²) < 4.78 is 2.59. The predicted octanol–water partition coefficient (Wildman–Crippen LogP) is 2.32. The number of halogens is 2. The molecule has 0 fully saturated rings. The molecule has 19 heavy (non-hydrogen) atoms. The van der Waals surface area contributed by atoms with Crippen LogP contribution in [-0.4, -0.2) is 15.7 Å². The number of aryl methyl sites for hydroxylation is 1. The average Bonchev–Trinajstić information content (AvgIpc) is 2.78. The van der Waals surface area contributed by atoms with Crippen LogP contribution in [0, 0.1) is 3.57 Å². The van der Waals surface area contributed by atoms with Gasteiger partial charge >= 0.3 is 0 Å². The highest BCUT2D eigenvalue weighted by Gasteiger charge is 2.18. The number of nitrogens with zero attached hydrogens (tertiary/aromatic N) is 2. The van der Waals surface area contributed by atoms with Crippen molar-refractivity contribution in [1.82, 2.24) is 9.78 Å². The van der Waals surface area contributed by atoms with E-state index in [2.05, 4.69) is 33.0 Å². The maximum Gasteiger partial charge on any atom is 0.246 e. The van der Waals surface area contributed by atoms with Crippen molar-refractivity contribution in [3.8, 4) is 0 Å². The van der Waals surface area contributed by atoms with E-state index in [1.807, 2.05) is 6.07 Å². The molecule has 5 nitrogen and oxygen atoms in total. The molecule has 0 saturated carbocycles. The smallest absolute Gasteiger partial charge is 0.246 e. The van der Waals surface area contributed by atoms with Crippen LogP contribution in [0.15, 0.2) is 30.6 Å². The largest absolute Gasteiger partial charge is 0.323 e. The van der Waals surface area contributed by atoms with Crippen LogP contribution in [0.4, 0.5) is 5.69 Å². The molecule has 0 saturated heterocycles. The van der Waals surface area contributed by atoms with E-state index in [4.69, 9.17) is 17.3 Å². The molecule has 3 N–H and O–H groups in total. The van der Waals surface area contributed by atoms with E-state index in [9.17, 15) is 4.79 Å². The monoisotopic (exact) mass is 390 g/mol. The van der Waals surface area contributed by atoms with E-state index >= 15 is 0 Å². The van der Waals surface area contributed by atoms with Crippen LogP contribution in [0.2, 0.25) is 5.02 Å². The molecule has 1 unspecified atom stereocenters. The molecule has 0 aliphatic heterocycles. The van der Waals surface area contributed by atoms with Gasteiger partial charge in [0.15, 0.2) is 0 Å². The zero-order valence-corrected chi connectivity index (χ0v) is 13.0. The number of aromatic nitrogens is 2. The van der Waals surface area contributed by atoms with Crippen LogP contribution < -0.4 is 11.1 Å². The van der Waals surface area contributed by atoms with Crippen molar-refractivity contribution in [2.75, 3.05) is 5.32 Å². The van der Waals surface area contributed by atoms with Crippen LogP contribution >= 0.6 is 34.2 Å². The second-order valence-electron chi connectivity index (χ2n) is 4.04. The molecule has 0 bridgehead atoms. The van der Waals surface area contributed by atoms with Crippen molar-refractivity contribution in [1.29, 1.82) is 0 Å². The van der Waals surface area contributed by atoms with Gasteiger partial charge < -0.3 is 11.1 Å². The molecule has 2 rings (SSSR count). The number of rotatable bonds is 3. The third-order valence-electron chi connectivity index (χ3n) is 2.56. The van der Waals surface area contributed by atoms with E-state index in [1.165, 1.54) is 0 Å². The van der Waals surface area contributed by atoms with Gasteiger partial charge in [-0.15, -0.1) is 0 Å². The number of carbonyl (C=O) groups is 1. The van der Waals surface area contributed by atoms with Gasteiger partial charge in [-0.3, -0.25) is 9.48 Å². The number of hydrogen-bond acceptors (Lipinski definition) is 3. The number of amides is 1. The minimum Gasteiger partial charge on any atom is -0.323 e. The Morgan fingerprint density at radius 2 is 2.32 bits per heavy atom. The number of benzene rings is 1. The fourth-order valence-electron chi connectivity index (χ4n) is 1.55. The Hall–Kier alpha value is -1.12. The van der Waals surface area contributed by atoms with Gasteiger partial charge in [0.2, 0.25) is 5.91 Å². The highest BCUT2D eigenvalue weighted by molar-refractivity contribution is 14.1. The third kappa shape index (κ3) is 3.46. The molecule has 1 amide bonds. The van der Waals surface area contributed by atoms with Crippen LogP contribution in [0.3, 0.4) is 0 Å². The van der Waals surface area contributed by atoms with E-state index in [0.717, 1.165) is 3.57 Å². The molecule has 7 heteroatoms. The zero-order chi connectivity index (χ0) is 14.0. The van der Waals surface area contributed by atoms with E-state index in [1.54, 1.807) is 36.3 Å². The fourth-order valence-corrected chi connectivity index (χ4v) is 2.46. The lowest BCUT2D eigenvalue weighted by atomic mass is 10.1. The molecule has 1 atom stereocenters. The van der Waals surface area contributed by atoms with Gasteiger partial charge in [-0.1, -0.05) is 11.6 Å².